The second-order valence-corrected chi connectivity index (χ2v) is 3.66. The molecule has 1 fully saturated rings. The van der Waals surface area contributed by atoms with Crippen LogP contribution in [-0.2, 0) is 9.53 Å². The van der Waals surface area contributed by atoms with Crippen LogP contribution in [-0.4, -0.2) is 24.7 Å². The van der Waals surface area contributed by atoms with E-state index >= 15 is 0 Å². The molecule has 0 saturated carbocycles. The van der Waals surface area contributed by atoms with E-state index in [1.807, 2.05) is 6.92 Å². The topological polar surface area (TPSA) is 26.3 Å². The van der Waals surface area contributed by atoms with E-state index < -0.39 is 19.0 Å². The Morgan fingerprint density at radius 1 is 1.50 bits per heavy atom. The van der Waals surface area contributed by atoms with Gasteiger partial charge in [0.15, 0.2) is 0 Å². The lowest BCUT2D eigenvalue weighted by Crippen LogP contribution is -2.18. The average Bonchev–Trinajstić information content (AvgIpc) is 2.46. The highest BCUT2D eigenvalue weighted by molar-refractivity contribution is 5.81. The van der Waals surface area contributed by atoms with Crippen LogP contribution in [0, 0.1) is 5.92 Å². The molecule has 1 aliphatic rings. The van der Waals surface area contributed by atoms with Crippen molar-refractivity contribution in [3.05, 3.63) is 0 Å². The van der Waals surface area contributed by atoms with Gasteiger partial charge in [0.05, 0.1) is 19.1 Å². The first-order valence-corrected chi connectivity index (χ1v) is 4.59. The van der Waals surface area contributed by atoms with Crippen LogP contribution >= 0.6 is 0 Å². The number of hydrogen-bond donors (Lipinski definition) is 0. The molecule has 1 heterocycles. The van der Waals surface area contributed by atoms with Gasteiger partial charge in [-0.1, -0.05) is 0 Å². The Balaban J connectivity index is 2.29. The highest BCUT2D eigenvalue weighted by Crippen LogP contribution is 2.26. The minimum Gasteiger partial charge on any atom is -0.378 e. The summed E-state index contributed by atoms with van der Waals surface area (Å²) in [6.07, 6.45) is -5.12. The predicted molar refractivity (Wildman–Crippen MR) is 43.8 cm³/mol. The maximum atomic E-state index is 11.8. The summed E-state index contributed by atoms with van der Waals surface area (Å²) < 4.78 is 40.5. The fourth-order valence-electron chi connectivity index (χ4n) is 1.51. The van der Waals surface area contributed by atoms with Crippen LogP contribution in [0.2, 0.25) is 0 Å². The molecular formula is C9H13F3O2. The molecule has 0 aromatic heterocycles. The minimum atomic E-state index is -4.24. The third-order valence-electron chi connectivity index (χ3n) is 2.31. The Bertz CT molecular complexity index is 213. The number of ether oxygens (including phenoxy) is 1. The molecule has 2 atom stereocenters. The van der Waals surface area contributed by atoms with Crippen molar-refractivity contribution in [1.82, 2.24) is 0 Å². The largest absolute Gasteiger partial charge is 0.389 e. The number of alkyl halides is 3. The van der Waals surface area contributed by atoms with Crippen LogP contribution in [0.25, 0.3) is 0 Å². The van der Waals surface area contributed by atoms with Crippen molar-refractivity contribution in [2.45, 2.75) is 38.5 Å². The van der Waals surface area contributed by atoms with Crippen molar-refractivity contribution < 1.29 is 22.7 Å². The fourth-order valence-corrected chi connectivity index (χ4v) is 1.51. The van der Waals surface area contributed by atoms with E-state index in [0.29, 0.717) is 6.42 Å². The molecule has 0 aromatic carbocycles. The summed E-state index contributed by atoms with van der Waals surface area (Å²) in [5, 5.41) is 0. The van der Waals surface area contributed by atoms with Crippen molar-refractivity contribution in [3.8, 4) is 0 Å². The quantitative estimate of drug-likeness (QED) is 0.714. The first-order chi connectivity index (χ1) is 6.38. The zero-order valence-corrected chi connectivity index (χ0v) is 7.93. The van der Waals surface area contributed by atoms with Gasteiger partial charge in [0.2, 0.25) is 0 Å². The van der Waals surface area contributed by atoms with Crippen LogP contribution in [0.4, 0.5) is 13.2 Å². The summed E-state index contributed by atoms with van der Waals surface area (Å²) in [7, 11) is 0. The molecule has 14 heavy (non-hydrogen) atoms. The summed E-state index contributed by atoms with van der Waals surface area (Å²) >= 11 is 0. The second-order valence-electron chi connectivity index (χ2n) is 3.66. The van der Waals surface area contributed by atoms with Crippen LogP contribution < -0.4 is 0 Å². The average molecular weight is 210 g/mol. The molecule has 82 valence electrons. The molecule has 0 aliphatic carbocycles. The summed E-state index contributed by atoms with van der Waals surface area (Å²) in [6.45, 7) is 2.09. The molecule has 0 spiro atoms. The van der Waals surface area contributed by atoms with Gasteiger partial charge in [-0.25, -0.2) is 0 Å². The van der Waals surface area contributed by atoms with Gasteiger partial charge in [0.1, 0.15) is 5.78 Å². The van der Waals surface area contributed by atoms with E-state index in [2.05, 4.69) is 0 Å². The van der Waals surface area contributed by atoms with E-state index in [0.717, 1.165) is 0 Å². The van der Waals surface area contributed by atoms with Crippen LogP contribution in [0.5, 0.6) is 0 Å². The van der Waals surface area contributed by atoms with Crippen LogP contribution in [0.15, 0.2) is 0 Å². The number of Topliss-reactive ketones (excluding diaryl/α,β-unsaturated/α-hetero) is 1. The summed E-state index contributed by atoms with van der Waals surface area (Å²) in [5.74, 6) is -0.654. The Morgan fingerprint density at radius 2 is 2.14 bits per heavy atom. The number of ketones is 1. The zero-order chi connectivity index (χ0) is 10.8. The first-order valence-electron chi connectivity index (χ1n) is 4.59. The molecule has 2 unspecified atom stereocenters. The Morgan fingerprint density at radius 3 is 2.57 bits per heavy atom. The van der Waals surface area contributed by atoms with Crippen LogP contribution in [0.1, 0.15) is 26.2 Å². The summed E-state index contributed by atoms with van der Waals surface area (Å²) in [6, 6.07) is 0. The molecule has 5 heteroatoms. The number of halogens is 3. The van der Waals surface area contributed by atoms with Gasteiger partial charge in [-0.15, -0.1) is 0 Å². The monoisotopic (exact) mass is 210 g/mol. The van der Waals surface area contributed by atoms with Crippen molar-refractivity contribution in [2.75, 3.05) is 6.61 Å². The third kappa shape index (κ3) is 3.65. The molecule has 0 bridgehead atoms. The molecule has 0 N–H and O–H groups in total. The van der Waals surface area contributed by atoms with Gasteiger partial charge in [0, 0.05) is 12.3 Å². The third-order valence-corrected chi connectivity index (χ3v) is 2.31. The Labute approximate surface area is 80.4 Å². The van der Waals surface area contributed by atoms with E-state index in [-0.39, 0.29) is 24.4 Å². The molecule has 1 aliphatic heterocycles. The predicted octanol–water partition coefficient (Wildman–Crippen LogP) is 2.32. The van der Waals surface area contributed by atoms with Crippen molar-refractivity contribution in [1.29, 1.82) is 0 Å². The van der Waals surface area contributed by atoms with Crippen molar-refractivity contribution in [2.24, 2.45) is 5.92 Å². The van der Waals surface area contributed by atoms with Crippen molar-refractivity contribution in [3.63, 3.8) is 0 Å². The van der Waals surface area contributed by atoms with Gasteiger partial charge in [-0.05, 0) is 13.3 Å². The number of hydrogen-bond acceptors (Lipinski definition) is 2. The van der Waals surface area contributed by atoms with E-state index in [9.17, 15) is 18.0 Å². The lowest BCUT2D eigenvalue weighted by molar-refractivity contribution is -0.144. The smallest absolute Gasteiger partial charge is 0.378 e. The lowest BCUT2D eigenvalue weighted by atomic mass is 9.98. The molecule has 0 aromatic rings. The van der Waals surface area contributed by atoms with E-state index in [1.54, 1.807) is 0 Å². The van der Waals surface area contributed by atoms with E-state index in [1.165, 1.54) is 0 Å². The number of rotatable bonds is 3. The maximum absolute atomic E-state index is 11.8. The first kappa shape index (κ1) is 11.5. The second kappa shape index (κ2) is 4.29. The Kier molecular flexibility index (Phi) is 3.53. The van der Waals surface area contributed by atoms with Crippen LogP contribution in [0.3, 0.4) is 0 Å². The van der Waals surface area contributed by atoms with Gasteiger partial charge in [-0.3, -0.25) is 4.79 Å². The van der Waals surface area contributed by atoms with Gasteiger partial charge < -0.3 is 4.74 Å². The molecule has 1 saturated heterocycles. The number of carbonyl (C=O) groups is 1. The molecule has 1 rings (SSSR count). The number of carbonyl (C=O) groups excluding carboxylic acids is 1. The SMILES string of the molecule is CC1CC(C(=O)CCC(F)(F)F)CO1. The summed E-state index contributed by atoms with van der Waals surface area (Å²) in [5.41, 5.74) is 0. The normalized spacial score (nSPS) is 28.0. The standard InChI is InChI=1S/C9H13F3O2/c1-6-4-7(5-14-6)8(13)2-3-9(10,11)12/h6-7H,2-5H2,1H3. The van der Waals surface area contributed by atoms with Gasteiger partial charge >= 0.3 is 6.18 Å². The zero-order valence-electron chi connectivity index (χ0n) is 7.93. The fraction of sp³-hybridized carbons (Fsp3) is 0.889. The highest BCUT2D eigenvalue weighted by atomic mass is 19.4. The highest BCUT2D eigenvalue weighted by Gasteiger charge is 2.32. The van der Waals surface area contributed by atoms with Crippen molar-refractivity contribution >= 4 is 5.78 Å². The van der Waals surface area contributed by atoms with E-state index in [4.69, 9.17) is 4.74 Å². The minimum absolute atomic E-state index is 0.00478. The molecule has 2 nitrogen and oxygen atoms in total. The molecular weight excluding hydrogens is 197 g/mol. The van der Waals surface area contributed by atoms with Gasteiger partial charge in [0.25, 0.3) is 0 Å². The van der Waals surface area contributed by atoms with Gasteiger partial charge in [-0.2, -0.15) is 13.2 Å². The Hall–Kier alpha value is -0.580. The molecule has 0 radical (unpaired) electrons. The molecule has 0 amide bonds. The lowest BCUT2D eigenvalue weighted by Gasteiger charge is -2.08. The summed E-state index contributed by atoms with van der Waals surface area (Å²) in [4.78, 5) is 11.3. The maximum Gasteiger partial charge on any atom is 0.389 e.